The average molecular weight is 236 g/mol. The molecule has 2 heterocycles. The molecule has 1 aromatic rings. The first-order chi connectivity index (χ1) is 8.40. The lowest BCUT2D eigenvalue weighted by Gasteiger charge is -2.30. The summed E-state index contributed by atoms with van der Waals surface area (Å²) < 4.78 is 11.2. The van der Waals surface area contributed by atoms with E-state index < -0.39 is 0 Å². The molecule has 1 aliphatic rings. The third-order valence-electron chi connectivity index (χ3n) is 2.91. The van der Waals surface area contributed by atoms with E-state index in [4.69, 9.17) is 9.47 Å². The number of hydrogen-bond donors (Lipinski definition) is 1. The first-order valence-corrected chi connectivity index (χ1v) is 6.22. The maximum absolute atomic E-state index is 5.75. The predicted octanol–water partition coefficient (Wildman–Crippen LogP) is 1.02. The number of hydrogen-bond acceptors (Lipinski definition) is 4. The highest BCUT2D eigenvalue weighted by molar-refractivity contribution is 5.06. The van der Waals surface area contributed by atoms with Gasteiger partial charge < -0.3 is 14.8 Å². The van der Waals surface area contributed by atoms with Gasteiger partial charge in [-0.25, -0.2) is 0 Å². The van der Waals surface area contributed by atoms with Crippen LogP contribution in [0.15, 0.2) is 24.4 Å². The Hall–Kier alpha value is -0.970. The predicted molar refractivity (Wildman–Crippen MR) is 66.0 cm³/mol. The molecule has 2 unspecified atom stereocenters. The van der Waals surface area contributed by atoms with Gasteiger partial charge in [0, 0.05) is 24.4 Å². The minimum Gasteiger partial charge on any atom is -0.376 e. The monoisotopic (exact) mass is 236 g/mol. The molecular weight excluding hydrogens is 216 g/mol. The zero-order valence-corrected chi connectivity index (χ0v) is 10.3. The average Bonchev–Trinajstić information content (AvgIpc) is 2.40. The molecule has 0 saturated carbocycles. The van der Waals surface area contributed by atoms with Crippen LogP contribution in [0.1, 0.15) is 12.6 Å². The van der Waals surface area contributed by atoms with Crippen molar-refractivity contribution < 1.29 is 9.47 Å². The molecule has 4 heteroatoms. The van der Waals surface area contributed by atoms with E-state index in [2.05, 4.69) is 17.2 Å². The normalized spacial score (nSPS) is 22.3. The van der Waals surface area contributed by atoms with Crippen LogP contribution < -0.4 is 5.32 Å². The van der Waals surface area contributed by atoms with Gasteiger partial charge in [-0.3, -0.25) is 4.98 Å². The molecule has 1 fully saturated rings. The van der Waals surface area contributed by atoms with Gasteiger partial charge in [0.15, 0.2) is 0 Å². The zero-order chi connectivity index (χ0) is 11.9. The minimum absolute atomic E-state index is 0.130. The lowest BCUT2D eigenvalue weighted by atomic mass is 10.0. The highest BCUT2D eigenvalue weighted by Gasteiger charge is 2.24. The Morgan fingerprint density at radius 1 is 1.47 bits per heavy atom. The topological polar surface area (TPSA) is 43.4 Å². The van der Waals surface area contributed by atoms with Crippen LogP contribution in [0.2, 0.25) is 0 Å². The van der Waals surface area contributed by atoms with Crippen LogP contribution >= 0.6 is 0 Å². The summed E-state index contributed by atoms with van der Waals surface area (Å²) >= 11 is 0. The van der Waals surface area contributed by atoms with E-state index in [9.17, 15) is 0 Å². The summed E-state index contributed by atoms with van der Waals surface area (Å²) in [4.78, 5) is 4.36. The quantitative estimate of drug-likeness (QED) is 0.829. The molecule has 0 bridgehead atoms. The third-order valence-corrected chi connectivity index (χ3v) is 2.91. The molecule has 94 valence electrons. The van der Waals surface area contributed by atoms with E-state index in [0.29, 0.717) is 19.8 Å². The summed E-state index contributed by atoms with van der Waals surface area (Å²) in [5.74, 6) is 0. The molecule has 4 nitrogen and oxygen atoms in total. The molecule has 0 amide bonds. The Bertz CT molecular complexity index is 312. The van der Waals surface area contributed by atoms with Crippen molar-refractivity contribution >= 4 is 0 Å². The molecule has 0 aliphatic carbocycles. The summed E-state index contributed by atoms with van der Waals surface area (Å²) in [6.45, 7) is 5.10. The smallest absolute Gasteiger partial charge is 0.0965 e. The Labute approximate surface area is 102 Å². The molecule has 0 radical (unpaired) electrons. The highest BCUT2D eigenvalue weighted by atomic mass is 16.6. The molecule has 1 aromatic heterocycles. The maximum atomic E-state index is 5.75. The second kappa shape index (κ2) is 6.69. The van der Waals surface area contributed by atoms with Gasteiger partial charge in [-0.1, -0.05) is 13.0 Å². The van der Waals surface area contributed by atoms with Gasteiger partial charge in [0.1, 0.15) is 0 Å². The van der Waals surface area contributed by atoms with Crippen molar-refractivity contribution in [3.63, 3.8) is 0 Å². The second-order valence-electron chi connectivity index (χ2n) is 4.17. The van der Waals surface area contributed by atoms with Crippen molar-refractivity contribution in [2.45, 2.75) is 25.5 Å². The highest BCUT2D eigenvalue weighted by Crippen LogP contribution is 2.10. The summed E-state index contributed by atoms with van der Waals surface area (Å²) in [5.41, 5.74) is 1.09. The van der Waals surface area contributed by atoms with E-state index in [1.165, 1.54) is 0 Å². The number of ether oxygens (including phenoxy) is 2. The number of likely N-dealkylation sites (N-methyl/N-ethyl adjacent to an activating group) is 1. The number of nitrogens with one attached hydrogen (secondary N) is 1. The van der Waals surface area contributed by atoms with E-state index >= 15 is 0 Å². The molecule has 2 rings (SSSR count). The van der Waals surface area contributed by atoms with Gasteiger partial charge >= 0.3 is 0 Å². The number of rotatable bonds is 5. The lowest BCUT2D eigenvalue weighted by Crippen LogP contribution is -2.48. The second-order valence-corrected chi connectivity index (χ2v) is 4.17. The fourth-order valence-corrected chi connectivity index (χ4v) is 2.08. The molecule has 2 atom stereocenters. The van der Waals surface area contributed by atoms with Crippen LogP contribution in [0.25, 0.3) is 0 Å². The Morgan fingerprint density at radius 2 is 2.41 bits per heavy atom. The Kier molecular flexibility index (Phi) is 4.91. The van der Waals surface area contributed by atoms with Crippen molar-refractivity contribution in [2.24, 2.45) is 0 Å². The van der Waals surface area contributed by atoms with Crippen LogP contribution in [-0.4, -0.2) is 43.5 Å². The standard InChI is InChI=1S/C13H20N2O2/c1-2-14-12(13-10-16-7-8-17-13)9-11-5-3-4-6-15-11/h3-6,12-14H,2,7-10H2,1H3. The van der Waals surface area contributed by atoms with Crippen LogP contribution in [0.5, 0.6) is 0 Å². The largest absolute Gasteiger partial charge is 0.376 e. The van der Waals surface area contributed by atoms with E-state index in [-0.39, 0.29) is 12.1 Å². The minimum atomic E-state index is 0.130. The lowest BCUT2D eigenvalue weighted by molar-refractivity contribution is -0.101. The summed E-state index contributed by atoms with van der Waals surface area (Å²) in [5, 5.41) is 3.46. The number of aromatic nitrogens is 1. The van der Waals surface area contributed by atoms with Crippen LogP contribution in [-0.2, 0) is 15.9 Å². The van der Waals surface area contributed by atoms with Gasteiger partial charge in [0.05, 0.1) is 25.9 Å². The Morgan fingerprint density at radius 3 is 3.06 bits per heavy atom. The molecule has 17 heavy (non-hydrogen) atoms. The van der Waals surface area contributed by atoms with Crippen molar-refractivity contribution in [2.75, 3.05) is 26.4 Å². The van der Waals surface area contributed by atoms with E-state index in [0.717, 1.165) is 18.7 Å². The van der Waals surface area contributed by atoms with Crippen LogP contribution in [0.4, 0.5) is 0 Å². The van der Waals surface area contributed by atoms with Crippen molar-refractivity contribution in [3.05, 3.63) is 30.1 Å². The summed E-state index contributed by atoms with van der Waals surface area (Å²) in [7, 11) is 0. The first-order valence-electron chi connectivity index (χ1n) is 6.22. The fraction of sp³-hybridized carbons (Fsp3) is 0.615. The van der Waals surface area contributed by atoms with Gasteiger partial charge in [-0.05, 0) is 18.7 Å². The van der Waals surface area contributed by atoms with Crippen molar-refractivity contribution in [1.82, 2.24) is 10.3 Å². The number of nitrogens with zero attached hydrogens (tertiary/aromatic N) is 1. The van der Waals surface area contributed by atoms with Gasteiger partial charge in [0.25, 0.3) is 0 Å². The SMILES string of the molecule is CCNC(Cc1ccccn1)C1COCCO1. The van der Waals surface area contributed by atoms with Crippen molar-refractivity contribution in [1.29, 1.82) is 0 Å². The molecule has 1 N–H and O–H groups in total. The number of pyridine rings is 1. The van der Waals surface area contributed by atoms with Gasteiger partial charge in [-0.15, -0.1) is 0 Å². The van der Waals surface area contributed by atoms with Crippen LogP contribution in [0.3, 0.4) is 0 Å². The van der Waals surface area contributed by atoms with Gasteiger partial charge in [-0.2, -0.15) is 0 Å². The molecular formula is C13H20N2O2. The zero-order valence-electron chi connectivity index (χ0n) is 10.3. The molecule has 0 aromatic carbocycles. The summed E-state index contributed by atoms with van der Waals surface area (Å²) in [6.07, 6.45) is 2.84. The Balaban J connectivity index is 1.96. The maximum Gasteiger partial charge on any atom is 0.0965 e. The summed E-state index contributed by atoms with van der Waals surface area (Å²) in [6, 6.07) is 6.28. The van der Waals surface area contributed by atoms with E-state index in [1.54, 1.807) is 0 Å². The molecule has 1 aliphatic heterocycles. The van der Waals surface area contributed by atoms with E-state index in [1.807, 2.05) is 24.4 Å². The first kappa shape index (κ1) is 12.5. The third kappa shape index (κ3) is 3.77. The van der Waals surface area contributed by atoms with Crippen LogP contribution in [0, 0.1) is 0 Å². The molecule has 1 saturated heterocycles. The van der Waals surface area contributed by atoms with Gasteiger partial charge in [0.2, 0.25) is 0 Å². The molecule has 0 spiro atoms. The fourth-order valence-electron chi connectivity index (χ4n) is 2.08. The van der Waals surface area contributed by atoms with Crippen molar-refractivity contribution in [3.8, 4) is 0 Å².